The standard InChI is InChI=1S/C35H35Cl2N3O5S/c1-6-39(7-2)34(42)31-21(4)38-35-40(32(31)25-11-9-10-12-27(25)43-5)33(41)30(46-35)18-22-13-16-28(29(17-22)44-8-3)45-20-23-14-15-24(36)19-26(23)37/h9-19,32H,6-8,20H2,1-5H3/b30-18+/t32-/m0/s1. The maximum atomic E-state index is 14.2. The minimum atomic E-state index is -0.711. The topological polar surface area (TPSA) is 82.4 Å². The van der Waals surface area contributed by atoms with E-state index < -0.39 is 6.04 Å². The number of hydrogen-bond donors (Lipinski definition) is 0. The Kier molecular flexibility index (Phi) is 10.6. The number of para-hydroxylation sites is 1. The minimum Gasteiger partial charge on any atom is -0.496 e. The quantitative estimate of drug-likeness (QED) is 0.183. The second-order valence-electron chi connectivity index (χ2n) is 10.5. The van der Waals surface area contributed by atoms with E-state index in [4.69, 9.17) is 42.4 Å². The molecule has 1 aromatic heterocycles. The van der Waals surface area contributed by atoms with Crippen LogP contribution in [-0.4, -0.2) is 42.2 Å². The van der Waals surface area contributed by atoms with E-state index in [0.29, 0.717) is 73.2 Å². The SMILES string of the molecule is CCOc1cc(/C=c2/sc3n(c2=O)[C@@H](c2ccccc2OC)C(C(=O)N(CC)CC)=C(C)N=3)ccc1OCc1ccc(Cl)cc1Cl. The van der Waals surface area contributed by atoms with Crippen molar-refractivity contribution in [1.82, 2.24) is 9.47 Å². The Morgan fingerprint density at radius 2 is 1.76 bits per heavy atom. The molecule has 1 atom stereocenters. The number of ether oxygens (including phenoxy) is 3. The zero-order chi connectivity index (χ0) is 33.0. The molecule has 0 unspecified atom stereocenters. The number of carbonyl (C=O) groups excluding carboxylic acids is 1. The summed E-state index contributed by atoms with van der Waals surface area (Å²) in [6, 6.07) is 17.5. The summed E-state index contributed by atoms with van der Waals surface area (Å²) in [7, 11) is 1.58. The molecule has 1 aliphatic heterocycles. The Morgan fingerprint density at radius 3 is 2.46 bits per heavy atom. The molecule has 1 amide bonds. The molecule has 0 aliphatic carbocycles. The lowest BCUT2D eigenvalue weighted by atomic mass is 9.94. The van der Waals surface area contributed by atoms with Crippen LogP contribution < -0.4 is 29.1 Å². The molecule has 3 aromatic carbocycles. The number of thiazole rings is 1. The van der Waals surface area contributed by atoms with Crippen LogP contribution in [0.2, 0.25) is 10.0 Å². The number of methoxy groups -OCH3 is 1. The molecular formula is C35H35Cl2N3O5S. The molecule has 0 spiro atoms. The number of likely N-dealkylation sites (N-methyl/N-ethyl adjacent to an activating group) is 1. The third kappa shape index (κ3) is 6.72. The van der Waals surface area contributed by atoms with Crippen LogP contribution in [0.4, 0.5) is 0 Å². The van der Waals surface area contributed by atoms with Gasteiger partial charge in [-0.15, -0.1) is 0 Å². The second kappa shape index (κ2) is 14.6. The summed E-state index contributed by atoms with van der Waals surface area (Å²) >= 11 is 13.6. The van der Waals surface area contributed by atoms with Crippen LogP contribution in [0, 0.1) is 0 Å². The normalized spacial score (nSPS) is 14.5. The van der Waals surface area contributed by atoms with Gasteiger partial charge in [0.1, 0.15) is 18.4 Å². The molecule has 0 radical (unpaired) electrons. The van der Waals surface area contributed by atoms with Crippen molar-refractivity contribution >= 4 is 46.5 Å². The number of benzene rings is 3. The van der Waals surface area contributed by atoms with Gasteiger partial charge in [0.25, 0.3) is 11.5 Å². The number of carbonyl (C=O) groups is 1. The van der Waals surface area contributed by atoms with Gasteiger partial charge >= 0.3 is 0 Å². The number of rotatable bonds is 11. The smallest absolute Gasteiger partial charge is 0.271 e. The van der Waals surface area contributed by atoms with E-state index >= 15 is 0 Å². The van der Waals surface area contributed by atoms with Gasteiger partial charge in [0.15, 0.2) is 16.3 Å². The third-order valence-corrected chi connectivity index (χ3v) is 9.27. The molecule has 8 nitrogen and oxygen atoms in total. The van der Waals surface area contributed by atoms with Crippen LogP contribution in [0.15, 0.2) is 81.7 Å². The summed E-state index contributed by atoms with van der Waals surface area (Å²) < 4.78 is 19.7. The first-order valence-corrected chi connectivity index (χ1v) is 16.6. The molecule has 5 rings (SSSR count). The molecule has 0 saturated carbocycles. The van der Waals surface area contributed by atoms with Gasteiger partial charge in [-0.1, -0.05) is 64.9 Å². The van der Waals surface area contributed by atoms with Crippen molar-refractivity contribution in [2.75, 3.05) is 26.8 Å². The van der Waals surface area contributed by atoms with Gasteiger partial charge in [0.05, 0.1) is 29.5 Å². The molecule has 4 aromatic rings. The molecule has 240 valence electrons. The van der Waals surface area contributed by atoms with Gasteiger partial charge in [-0.3, -0.25) is 14.2 Å². The number of aromatic nitrogens is 1. The van der Waals surface area contributed by atoms with Crippen molar-refractivity contribution in [3.63, 3.8) is 0 Å². The Morgan fingerprint density at radius 1 is 1.00 bits per heavy atom. The fourth-order valence-electron chi connectivity index (χ4n) is 5.41. The lowest BCUT2D eigenvalue weighted by Crippen LogP contribution is -2.43. The zero-order valence-corrected chi connectivity index (χ0v) is 28.6. The molecule has 2 heterocycles. The lowest BCUT2D eigenvalue weighted by Gasteiger charge is -2.29. The Balaban J connectivity index is 1.58. The van der Waals surface area contributed by atoms with Crippen molar-refractivity contribution in [2.24, 2.45) is 4.99 Å². The fraction of sp³-hybridized carbons (Fsp3) is 0.286. The molecule has 0 saturated heterocycles. The van der Waals surface area contributed by atoms with E-state index in [1.165, 1.54) is 11.3 Å². The van der Waals surface area contributed by atoms with Gasteiger partial charge in [0.2, 0.25) is 0 Å². The first kappa shape index (κ1) is 33.3. The van der Waals surface area contributed by atoms with E-state index in [-0.39, 0.29) is 18.1 Å². The number of halogens is 2. The average molecular weight is 681 g/mol. The van der Waals surface area contributed by atoms with Crippen molar-refractivity contribution in [3.05, 3.63) is 118 Å². The maximum Gasteiger partial charge on any atom is 0.271 e. The van der Waals surface area contributed by atoms with Crippen molar-refractivity contribution in [2.45, 2.75) is 40.3 Å². The summed E-state index contributed by atoms with van der Waals surface area (Å²) in [6.07, 6.45) is 1.80. The molecule has 0 fully saturated rings. The summed E-state index contributed by atoms with van der Waals surface area (Å²) in [5.74, 6) is 1.49. The van der Waals surface area contributed by atoms with Crippen LogP contribution >= 0.6 is 34.5 Å². The molecule has 0 N–H and O–H groups in total. The first-order chi connectivity index (χ1) is 22.2. The van der Waals surface area contributed by atoms with E-state index in [1.807, 2.05) is 70.2 Å². The maximum absolute atomic E-state index is 14.2. The lowest BCUT2D eigenvalue weighted by molar-refractivity contribution is -0.127. The van der Waals surface area contributed by atoms with Gasteiger partial charge < -0.3 is 19.1 Å². The van der Waals surface area contributed by atoms with E-state index in [0.717, 1.165) is 11.1 Å². The second-order valence-corrected chi connectivity index (χ2v) is 12.3. The van der Waals surface area contributed by atoms with E-state index in [2.05, 4.69) is 0 Å². The first-order valence-electron chi connectivity index (χ1n) is 15.0. The van der Waals surface area contributed by atoms with Crippen LogP contribution in [0.1, 0.15) is 50.4 Å². The highest BCUT2D eigenvalue weighted by atomic mass is 35.5. The minimum absolute atomic E-state index is 0.159. The summed E-state index contributed by atoms with van der Waals surface area (Å²) in [5.41, 5.74) is 3.01. The molecule has 1 aliphatic rings. The fourth-order valence-corrected chi connectivity index (χ4v) is 6.92. The summed E-state index contributed by atoms with van der Waals surface area (Å²) in [6.45, 7) is 9.29. The highest BCUT2D eigenvalue weighted by Crippen LogP contribution is 2.36. The van der Waals surface area contributed by atoms with Crippen LogP contribution in [0.3, 0.4) is 0 Å². The number of fused-ring (bicyclic) bond motifs is 1. The molecule has 46 heavy (non-hydrogen) atoms. The van der Waals surface area contributed by atoms with Gasteiger partial charge in [-0.2, -0.15) is 0 Å². The van der Waals surface area contributed by atoms with Crippen LogP contribution in [0.5, 0.6) is 17.2 Å². The molecule has 11 heteroatoms. The Labute approximate surface area is 281 Å². The van der Waals surface area contributed by atoms with Gasteiger partial charge in [-0.25, -0.2) is 4.99 Å². The van der Waals surface area contributed by atoms with Crippen molar-refractivity contribution in [1.29, 1.82) is 0 Å². The summed E-state index contributed by atoms with van der Waals surface area (Å²) in [5, 5.41) is 1.07. The van der Waals surface area contributed by atoms with Crippen LogP contribution in [0.25, 0.3) is 6.08 Å². The Bertz CT molecular complexity index is 1980. The predicted octanol–water partition coefficient (Wildman–Crippen LogP) is 6.40. The third-order valence-electron chi connectivity index (χ3n) is 7.70. The highest BCUT2D eigenvalue weighted by molar-refractivity contribution is 7.07. The van der Waals surface area contributed by atoms with E-state index in [1.54, 1.807) is 40.9 Å². The number of allylic oxidation sites excluding steroid dienone is 1. The van der Waals surface area contributed by atoms with E-state index in [9.17, 15) is 9.59 Å². The largest absolute Gasteiger partial charge is 0.496 e. The van der Waals surface area contributed by atoms with Gasteiger partial charge in [-0.05, 0) is 69.7 Å². The Hall–Kier alpha value is -4.05. The molecule has 0 bridgehead atoms. The van der Waals surface area contributed by atoms with Crippen LogP contribution in [-0.2, 0) is 11.4 Å². The van der Waals surface area contributed by atoms with Crippen molar-refractivity contribution in [3.8, 4) is 17.2 Å². The number of hydrogen-bond acceptors (Lipinski definition) is 7. The predicted molar refractivity (Wildman–Crippen MR) is 183 cm³/mol. The average Bonchev–Trinajstić information content (AvgIpc) is 3.34. The molecular weight excluding hydrogens is 645 g/mol. The number of nitrogens with zero attached hydrogens (tertiary/aromatic N) is 3. The van der Waals surface area contributed by atoms with Crippen molar-refractivity contribution < 1.29 is 19.0 Å². The highest BCUT2D eigenvalue weighted by Gasteiger charge is 2.35. The zero-order valence-electron chi connectivity index (χ0n) is 26.3. The monoisotopic (exact) mass is 679 g/mol. The number of amides is 1. The summed E-state index contributed by atoms with van der Waals surface area (Å²) in [4.78, 5) is 35.1. The van der Waals surface area contributed by atoms with Gasteiger partial charge in [0, 0.05) is 34.3 Å².